The van der Waals surface area contributed by atoms with Crippen LogP contribution in [0.15, 0.2) is 70.0 Å². The first-order valence-corrected chi connectivity index (χ1v) is 8.09. The van der Waals surface area contributed by atoms with Crippen LogP contribution in [-0.2, 0) is 10.0 Å². The van der Waals surface area contributed by atoms with Crippen LogP contribution in [0.1, 0.15) is 17.5 Å². The second-order valence-electron chi connectivity index (χ2n) is 4.62. The maximum atomic E-state index is 12.0. The minimum atomic E-state index is -3.59. The molecule has 0 aromatic heterocycles. The lowest BCUT2D eigenvalue weighted by atomic mass is 10.2. The molecule has 0 atom stereocenters. The van der Waals surface area contributed by atoms with Crippen molar-refractivity contribution >= 4 is 22.3 Å². The highest BCUT2D eigenvalue weighted by molar-refractivity contribution is 7.90. The minimum Gasteiger partial charge on any atom is -0.199 e. The lowest BCUT2D eigenvalue weighted by Crippen LogP contribution is -1.97. The Bertz CT molecular complexity index is 730. The molecule has 3 nitrogen and oxygen atoms in total. The largest absolute Gasteiger partial charge is 0.281 e. The van der Waals surface area contributed by atoms with Crippen LogP contribution in [0.3, 0.4) is 0 Å². The van der Waals surface area contributed by atoms with Crippen LogP contribution in [0.2, 0.25) is 0 Å². The number of nitrogens with zero attached hydrogens (tertiary/aromatic N) is 1. The van der Waals surface area contributed by atoms with Crippen molar-refractivity contribution in [3.63, 3.8) is 0 Å². The SMILES string of the molecule is Cc1ccc(S(=O)(=O)/N=C/C/C=C/c2ccccc2)cc1. The van der Waals surface area contributed by atoms with E-state index in [0.717, 1.165) is 11.1 Å². The third-order valence-corrected chi connectivity index (χ3v) is 4.18. The number of hydrogen-bond acceptors (Lipinski definition) is 2. The van der Waals surface area contributed by atoms with E-state index in [2.05, 4.69) is 4.40 Å². The molecule has 21 heavy (non-hydrogen) atoms. The molecule has 0 heterocycles. The first kappa shape index (κ1) is 15.2. The molecule has 2 aromatic rings. The van der Waals surface area contributed by atoms with E-state index in [1.165, 1.54) is 6.21 Å². The Labute approximate surface area is 125 Å². The summed E-state index contributed by atoms with van der Waals surface area (Å²) >= 11 is 0. The van der Waals surface area contributed by atoms with Crippen molar-refractivity contribution < 1.29 is 8.42 Å². The Morgan fingerprint density at radius 1 is 1.00 bits per heavy atom. The molecule has 2 aromatic carbocycles. The van der Waals surface area contributed by atoms with Gasteiger partial charge >= 0.3 is 0 Å². The molecular formula is C17H17NO2S. The Morgan fingerprint density at radius 2 is 1.67 bits per heavy atom. The molecule has 4 heteroatoms. The monoisotopic (exact) mass is 299 g/mol. The number of sulfonamides is 1. The number of allylic oxidation sites excluding steroid dienone is 1. The van der Waals surface area contributed by atoms with Crippen LogP contribution < -0.4 is 0 Å². The molecule has 0 aliphatic carbocycles. The summed E-state index contributed by atoms with van der Waals surface area (Å²) in [4.78, 5) is 0.219. The molecule has 108 valence electrons. The van der Waals surface area contributed by atoms with E-state index in [9.17, 15) is 8.42 Å². The summed E-state index contributed by atoms with van der Waals surface area (Å²) in [5.74, 6) is 0. The van der Waals surface area contributed by atoms with E-state index in [-0.39, 0.29) is 4.90 Å². The van der Waals surface area contributed by atoms with Crippen LogP contribution in [0.25, 0.3) is 6.08 Å². The molecule has 0 aliphatic rings. The maximum Gasteiger partial charge on any atom is 0.281 e. The second kappa shape index (κ2) is 6.99. The van der Waals surface area contributed by atoms with Gasteiger partial charge in [0.05, 0.1) is 4.90 Å². The molecule has 0 saturated heterocycles. The third-order valence-electron chi connectivity index (χ3n) is 2.88. The third kappa shape index (κ3) is 4.68. The van der Waals surface area contributed by atoms with E-state index in [0.29, 0.717) is 6.42 Å². The van der Waals surface area contributed by atoms with Gasteiger partial charge in [0.25, 0.3) is 10.0 Å². The fraction of sp³-hybridized carbons (Fsp3) is 0.118. The van der Waals surface area contributed by atoms with Crippen molar-refractivity contribution in [3.05, 3.63) is 71.8 Å². The number of hydrogen-bond donors (Lipinski definition) is 0. The fourth-order valence-electron chi connectivity index (χ4n) is 1.74. The second-order valence-corrected chi connectivity index (χ2v) is 6.26. The predicted octanol–water partition coefficient (Wildman–Crippen LogP) is 3.86. The number of benzene rings is 2. The molecule has 0 unspecified atom stereocenters. The van der Waals surface area contributed by atoms with Gasteiger partial charge in [-0.15, -0.1) is 0 Å². The molecule has 0 aliphatic heterocycles. The van der Waals surface area contributed by atoms with Crippen molar-refractivity contribution in [2.75, 3.05) is 0 Å². The molecule has 0 fully saturated rings. The quantitative estimate of drug-likeness (QED) is 0.787. The van der Waals surface area contributed by atoms with Gasteiger partial charge in [-0.25, -0.2) is 0 Å². The van der Waals surface area contributed by atoms with Crippen LogP contribution in [0, 0.1) is 6.92 Å². The summed E-state index contributed by atoms with van der Waals surface area (Å²) in [6.45, 7) is 1.91. The van der Waals surface area contributed by atoms with Gasteiger partial charge in [-0.3, -0.25) is 0 Å². The van der Waals surface area contributed by atoms with Gasteiger partial charge in [0.2, 0.25) is 0 Å². The Kier molecular flexibility index (Phi) is 5.06. The standard InChI is InChI=1S/C17H17NO2S/c1-15-10-12-17(13-11-15)21(19,20)18-14-6-5-9-16-7-3-2-4-8-16/h2-5,7-14H,6H2,1H3/b9-5+,18-14+. The highest BCUT2D eigenvalue weighted by atomic mass is 32.2. The molecule has 0 radical (unpaired) electrons. The zero-order valence-electron chi connectivity index (χ0n) is 11.8. The van der Waals surface area contributed by atoms with Crippen molar-refractivity contribution in [1.29, 1.82) is 0 Å². The van der Waals surface area contributed by atoms with Crippen molar-refractivity contribution in [1.82, 2.24) is 0 Å². The minimum absolute atomic E-state index is 0.219. The lowest BCUT2D eigenvalue weighted by Gasteiger charge is -1.98. The Balaban J connectivity index is 1.97. The van der Waals surface area contributed by atoms with Gasteiger partial charge in [0.15, 0.2) is 0 Å². The van der Waals surface area contributed by atoms with Crippen LogP contribution in [0.4, 0.5) is 0 Å². The molecule has 0 saturated carbocycles. The summed E-state index contributed by atoms with van der Waals surface area (Å²) in [6, 6.07) is 16.5. The predicted molar refractivity (Wildman–Crippen MR) is 86.9 cm³/mol. The Hall–Kier alpha value is -2.20. The average molecular weight is 299 g/mol. The zero-order valence-corrected chi connectivity index (χ0v) is 12.6. The number of rotatable bonds is 5. The summed E-state index contributed by atoms with van der Waals surface area (Å²) in [5, 5.41) is 0. The summed E-state index contributed by atoms with van der Waals surface area (Å²) < 4.78 is 27.6. The van der Waals surface area contributed by atoms with Gasteiger partial charge in [-0.1, -0.05) is 60.2 Å². The van der Waals surface area contributed by atoms with Crippen LogP contribution in [-0.4, -0.2) is 14.6 Å². The molecule has 2 rings (SSSR count). The Morgan fingerprint density at radius 3 is 2.33 bits per heavy atom. The van der Waals surface area contributed by atoms with E-state index < -0.39 is 10.0 Å². The normalized spacial score (nSPS) is 12.2. The van der Waals surface area contributed by atoms with Crippen LogP contribution in [0.5, 0.6) is 0 Å². The topological polar surface area (TPSA) is 46.5 Å². The first-order valence-electron chi connectivity index (χ1n) is 6.65. The van der Waals surface area contributed by atoms with E-state index in [1.807, 2.05) is 49.4 Å². The van der Waals surface area contributed by atoms with Crippen molar-refractivity contribution in [2.24, 2.45) is 4.40 Å². The number of aryl methyl sites for hydroxylation is 1. The fourth-order valence-corrected chi connectivity index (χ4v) is 2.63. The van der Waals surface area contributed by atoms with Gasteiger partial charge in [-0.2, -0.15) is 12.8 Å². The molecule has 0 N–H and O–H groups in total. The van der Waals surface area contributed by atoms with Crippen molar-refractivity contribution in [2.45, 2.75) is 18.2 Å². The van der Waals surface area contributed by atoms with E-state index in [1.54, 1.807) is 24.3 Å². The zero-order chi connectivity index (χ0) is 15.1. The van der Waals surface area contributed by atoms with E-state index >= 15 is 0 Å². The lowest BCUT2D eigenvalue weighted by molar-refractivity contribution is 0.598. The molecular weight excluding hydrogens is 282 g/mol. The molecule has 0 amide bonds. The smallest absolute Gasteiger partial charge is 0.199 e. The van der Waals surface area contributed by atoms with Crippen LogP contribution >= 0.6 is 0 Å². The van der Waals surface area contributed by atoms with Gasteiger partial charge in [0.1, 0.15) is 0 Å². The van der Waals surface area contributed by atoms with Gasteiger partial charge in [-0.05, 0) is 24.6 Å². The van der Waals surface area contributed by atoms with Crippen molar-refractivity contribution in [3.8, 4) is 0 Å². The van der Waals surface area contributed by atoms with E-state index in [4.69, 9.17) is 0 Å². The van der Waals surface area contributed by atoms with Gasteiger partial charge < -0.3 is 0 Å². The first-order chi connectivity index (χ1) is 10.1. The molecule has 0 bridgehead atoms. The average Bonchev–Trinajstić information content (AvgIpc) is 2.48. The maximum absolute atomic E-state index is 12.0. The summed E-state index contributed by atoms with van der Waals surface area (Å²) in [6.07, 6.45) is 5.70. The summed E-state index contributed by atoms with van der Waals surface area (Å²) in [7, 11) is -3.59. The highest BCUT2D eigenvalue weighted by Crippen LogP contribution is 2.12. The molecule has 0 spiro atoms. The van der Waals surface area contributed by atoms with Gasteiger partial charge in [0, 0.05) is 12.6 Å². The highest BCUT2D eigenvalue weighted by Gasteiger charge is 2.10. The summed E-state index contributed by atoms with van der Waals surface area (Å²) in [5.41, 5.74) is 2.09.